The molecule has 3 unspecified atom stereocenters. The zero-order chi connectivity index (χ0) is 21.7. The first-order valence-electron chi connectivity index (χ1n) is 10.9. The van der Waals surface area contributed by atoms with E-state index in [1.54, 1.807) is 4.90 Å². The van der Waals surface area contributed by atoms with Gasteiger partial charge in [-0.25, -0.2) is 4.98 Å². The minimum atomic E-state index is -0.553. The Balaban J connectivity index is 1.65. The van der Waals surface area contributed by atoms with Gasteiger partial charge in [0.25, 0.3) is 5.91 Å². The highest BCUT2D eigenvalue weighted by atomic mass is 32.1. The molecule has 1 aliphatic carbocycles. The van der Waals surface area contributed by atoms with E-state index in [4.69, 9.17) is 9.47 Å². The fourth-order valence-corrected chi connectivity index (χ4v) is 5.79. The molecule has 0 bridgehead atoms. The summed E-state index contributed by atoms with van der Waals surface area (Å²) in [6.45, 7) is 6.40. The molecule has 5 rings (SSSR count). The lowest BCUT2D eigenvalue weighted by Crippen LogP contribution is -2.39. The molecule has 0 radical (unpaired) electrons. The maximum absolute atomic E-state index is 13.7. The molecule has 1 amide bonds. The molecule has 162 valence electrons. The van der Waals surface area contributed by atoms with E-state index < -0.39 is 6.04 Å². The van der Waals surface area contributed by atoms with Gasteiger partial charge in [-0.3, -0.25) is 14.5 Å². The van der Waals surface area contributed by atoms with Crippen LogP contribution in [0.1, 0.15) is 54.8 Å². The lowest BCUT2D eigenvalue weighted by atomic mass is 9.77. The van der Waals surface area contributed by atoms with Gasteiger partial charge in [-0.05, 0) is 57.7 Å². The lowest BCUT2D eigenvalue weighted by molar-refractivity contribution is -0.131. The maximum atomic E-state index is 13.7. The zero-order valence-electron chi connectivity index (χ0n) is 18.0. The van der Waals surface area contributed by atoms with E-state index in [1.165, 1.54) is 11.3 Å². The van der Waals surface area contributed by atoms with Crippen molar-refractivity contribution in [2.45, 2.75) is 58.6 Å². The number of rotatable bonds is 4. The molecule has 1 saturated carbocycles. The van der Waals surface area contributed by atoms with Crippen molar-refractivity contribution in [1.29, 1.82) is 0 Å². The molecular weight excluding hydrogens is 412 g/mol. The van der Waals surface area contributed by atoms with Crippen LogP contribution in [0, 0.1) is 19.8 Å². The number of hydrogen-bond acceptors (Lipinski definition) is 6. The smallest absolute Gasteiger partial charge is 0.296 e. The molecule has 2 aliphatic heterocycles. The molecule has 6 nitrogen and oxygen atoms in total. The van der Waals surface area contributed by atoms with Crippen LogP contribution in [0.15, 0.2) is 35.6 Å². The highest BCUT2D eigenvalue weighted by Crippen LogP contribution is 2.49. The lowest BCUT2D eigenvalue weighted by Gasteiger charge is -2.35. The van der Waals surface area contributed by atoms with E-state index in [9.17, 15) is 9.59 Å². The second-order valence-electron chi connectivity index (χ2n) is 8.38. The molecule has 0 N–H and O–H groups in total. The van der Waals surface area contributed by atoms with Gasteiger partial charge in [0.2, 0.25) is 0 Å². The second kappa shape index (κ2) is 7.79. The third-order valence-corrected chi connectivity index (χ3v) is 7.54. The average Bonchev–Trinajstić information content (AvgIpc) is 3.25. The Morgan fingerprint density at radius 1 is 1.23 bits per heavy atom. The van der Waals surface area contributed by atoms with Gasteiger partial charge in [-0.1, -0.05) is 18.6 Å². The number of aromatic nitrogens is 1. The maximum Gasteiger partial charge on any atom is 0.296 e. The van der Waals surface area contributed by atoms with Crippen LogP contribution >= 0.6 is 11.3 Å². The predicted molar refractivity (Wildman–Crippen MR) is 118 cm³/mol. The number of ketones is 1. The van der Waals surface area contributed by atoms with Crippen molar-refractivity contribution in [2.24, 2.45) is 5.92 Å². The van der Waals surface area contributed by atoms with Crippen molar-refractivity contribution in [3.63, 3.8) is 0 Å². The van der Waals surface area contributed by atoms with E-state index in [-0.39, 0.29) is 29.5 Å². The molecule has 7 heteroatoms. The zero-order valence-corrected chi connectivity index (χ0v) is 18.8. The third-order valence-electron chi connectivity index (χ3n) is 6.47. The van der Waals surface area contributed by atoms with E-state index >= 15 is 0 Å². The molecule has 1 aromatic heterocycles. The van der Waals surface area contributed by atoms with Gasteiger partial charge in [0.15, 0.2) is 16.7 Å². The van der Waals surface area contributed by atoms with Crippen LogP contribution in [-0.2, 0) is 14.3 Å². The molecular formula is C24H26N2O4S. The first-order valence-corrected chi connectivity index (χ1v) is 11.8. The summed E-state index contributed by atoms with van der Waals surface area (Å²) in [6, 6.07) is 7.09. The number of amides is 1. The number of thiazole rings is 1. The topological polar surface area (TPSA) is 68.7 Å². The number of benzene rings is 1. The summed E-state index contributed by atoms with van der Waals surface area (Å²) in [5.74, 6) is 0.544. The van der Waals surface area contributed by atoms with Gasteiger partial charge in [-0.15, -0.1) is 11.3 Å². The molecule has 3 atom stereocenters. The quantitative estimate of drug-likeness (QED) is 0.695. The van der Waals surface area contributed by atoms with E-state index in [0.717, 1.165) is 41.8 Å². The van der Waals surface area contributed by atoms with Gasteiger partial charge < -0.3 is 9.47 Å². The number of fused-ring (bicyclic) bond motifs is 1. The number of hydrogen-bond donors (Lipinski definition) is 0. The molecule has 2 aromatic rings. The number of aryl methyl sites for hydroxylation is 2. The first-order chi connectivity index (χ1) is 15.0. The van der Waals surface area contributed by atoms with E-state index in [2.05, 4.69) is 4.98 Å². The highest BCUT2D eigenvalue weighted by molar-refractivity contribution is 7.15. The highest BCUT2D eigenvalue weighted by Gasteiger charge is 2.53. The van der Waals surface area contributed by atoms with Crippen molar-refractivity contribution in [2.75, 3.05) is 11.5 Å². The number of anilines is 1. The van der Waals surface area contributed by atoms with Crippen molar-refractivity contribution in [3.8, 4) is 5.75 Å². The molecule has 3 aliphatic rings. The summed E-state index contributed by atoms with van der Waals surface area (Å²) < 4.78 is 11.9. The summed E-state index contributed by atoms with van der Waals surface area (Å²) in [7, 11) is 0. The van der Waals surface area contributed by atoms with Crippen molar-refractivity contribution < 1.29 is 19.1 Å². The number of Topliss-reactive ketones (excluding diaryl/α,β-unsaturated/α-hetero) is 1. The van der Waals surface area contributed by atoms with E-state index in [1.807, 2.05) is 45.0 Å². The predicted octanol–water partition coefficient (Wildman–Crippen LogP) is 4.66. The van der Waals surface area contributed by atoms with Crippen LogP contribution in [0.2, 0.25) is 0 Å². The molecule has 31 heavy (non-hydrogen) atoms. The van der Waals surface area contributed by atoms with Crippen molar-refractivity contribution in [1.82, 2.24) is 4.98 Å². The minimum absolute atomic E-state index is 0.0543. The average molecular weight is 439 g/mol. The Morgan fingerprint density at radius 2 is 2.03 bits per heavy atom. The SMILES string of the molecule is CCOc1cccc(C2C3=C(OC4CCCCC4C3=O)C(=O)N2c2nc(C)c(C)s2)c1. The van der Waals surface area contributed by atoms with Gasteiger partial charge >= 0.3 is 0 Å². The van der Waals surface area contributed by atoms with Gasteiger partial charge in [0.1, 0.15) is 11.9 Å². The van der Waals surface area contributed by atoms with Crippen LogP contribution in [-0.4, -0.2) is 29.4 Å². The Kier molecular flexibility index (Phi) is 5.08. The summed E-state index contributed by atoms with van der Waals surface area (Å²) >= 11 is 1.47. The van der Waals surface area contributed by atoms with Gasteiger partial charge in [0.05, 0.1) is 29.8 Å². The summed E-state index contributed by atoms with van der Waals surface area (Å²) in [5, 5.41) is 0.598. The number of nitrogens with zero attached hydrogens (tertiary/aromatic N) is 2. The van der Waals surface area contributed by atoms with Gasteiger partial charge in [0, 0.05) is 4.88 Å². The number of carbonyl (C=O) groups excluding carboxylic acids is 2. The number of carbonyl (C=O) groups is 2. The standard InChI is InChI=1S/C24H26N2O4S/c1-4-29-16-9-7-8-15(12-16)20-19-21(27)17-10-5-6-11-18(17)30-22(19)23(28)26(20)24-25-13(2)14(3)31-24/h7-9,12,17-18,20H,4-6,10-11H2,1-3H3. The Labute approximate surface area is 185 Å². The molecule has 0 spiro atoms. The van der Waals surface area contributed by atoms with Crippen LogP contribution in [0.5, 0.6) is 5.75 Å². The van der Waals surface area contributed by atoms with Gasteiger partial charge in [-0.2, -0.15) is 0 Å². The summed E-state index contributed by atoms with van der Waals surface area (Å²) in [4.78, 5) is 34.6. The summed E-state index contributed by atoms with van der Waals surface area (Å²) in [5.41, 5.74) is 2.20. The summed E-state index contributed by atoms with van der Waals surface area (Å²) in [6.07, 6.45) is 3.49. The fraction of sp³-hybridized carbons (Fsp3) is 0.458. The van der Waals surface area contributed by atoms with Crippen molar-refractivity contribution in [3.05, 3.63) is 51.7 Å². The monoisotopic (exact) mass is 438 g/mol. The normalized spacial score (nSPS) is 25.4. The molecule has 1 fully saturated rings. The third kappa shape index (κ3) is 3.26. The Bertz CT molecular complexity index is 1070. The van der Waals surface area contributed by atoms with Crippen molar-refractivity contribution >= 4 is 28.2 Å². The molecule has 0 saturated heterocycles. The Morgan fingerprint density at radius 3 is 2.77 bits per heavy atom. The minimum Gasteiger partial charge on any atom is -0.494 e. The van der Waals surface area contributed by atoms with Crippen LogP contribution < -0.4 is 9.64 Å². The number of ether oxygens (including phenoxy) is 2. The first kappa shape index (κ1) is 20.2. The molecule has 1 aromatic carbocycles. The second-order valence-corrected chi connectivity index (χ2v) is 9.56. The molecule has 3 heterocycles. The van der Waals surface area contributed by atoms with Crippen LogP contribution in [0.3, 0.4) is 0 Å². The van der Waals surface area contributed by atoms with Crippen LogP contribution in [0.25, 0.3) is 0 Å². The van der Waals surface area contributed by atoms with E-state index in [0.29, 0.717) is 23.1 Å². The fourth-order valence-electron chi connectivity index (χ4n) is 4.86. The Hall–Kier alpha value is -2.67. The van der Waals surface area contributed by atoms with Crippen LogP contribution in [0.4, 0.5) is 5.13 Å². The largest absolute Gasteiger partial charge is 0.494 e.